The van der Waals surface area contributed by atoms with E-state index in [0.29, 0.717) is 0 Å². The summed E-state index contributed by atoms with van der Waals surface area (Å²) < 4.78 is 6.09. The second-order valence-corrected chi connectivity index (χ2v) is 4.55. The van der Waals surface area contributed by atoms with Crippen LogP contribution >= 0.6 is 15.9 Å². The van der Waals surface area contributed by atoms with Gasteiger partial charge in [-0.25, -0.2) is 4.98 Å². The Morgan fingerprint density at radius 1 is 1.44 bits per heavy atom. The van der Waals surface area contributed by atoms with Crippen LogP contribution in [-0.2, 0) is 6.54 Å². The van der Waals surface area contributed by atoms with Gasteiger partial charge in [-0.1, -0.05) is 0 Å². The zero-order valence-electron chi connectivity index (χ0n) is 9.27. The van der Waals surface area contributed by atoms with Crippen molar-refractivity contribution in [3.8, 4) is 0 Å². The Kier molecular flexibility index (Phi) is 3.29. The number of rotatable bonds is 3. The van der Waals surface area contributed by atoms with Crippen LogP contribution in [0.25, 0.3) is 0 Å². The maximum atomic E-state index is 5.05. The summed E-state index contributed by atoms with van der Waals surface area (Å²) in [5.41, 5.74) is 2.32. The zero-order valence-corrected chi connectivity index (χ0v) is 10.9. The normalized spacial score (nSPS) is 10.4. The van der Waals surface area contributed by atoms with Gasteiger partial charge in [0.15, 0.2) is 0 Å². The summed E-state index contributed by atoms with van der Waals surface area (Å²) in [4.78, 5) is 6.45. The average Bonchev–Trinajstić information content (AvgIpc) is 2.74. The molecule has 0 radical (unpaired) electrons. The second kappa shape index (κ2) is 4.70. The number of pyridine rings is 1. The molecule has 2 rings (SSSR count). The molecule has 0 bridgehead atoms. The number of hydrogen-bond acceptors (Lipinski definition) is 3. The molecule has 0 N–H and O–H groups in total. The molecule has 0 aliphatic heterocycles. The van der Waals surface area contributed by atoms with Crippen LogP contribution in [0.2, 0.25) is 0 Å². The van der Waals surface area contributed by atoms with Crippen molar-refractivity contribution < 1.29 is 4.42 Å². The molecule has 0 fully saturated rings. The monoisotopic (exact) mass is 280 g/mol. The van der Waals surface area contributed by atoms with E-state index in [-0.39, 0.29) is 0 Å². The fraction of sp³-hybridized carbons (Fsp3) is 0.250. The summed E-state index contributed by atoms with van der Waals surface area (Å²) in [6.07, 6.45) is 5.25. The molecule has 3 nitrogen and oxygen atoms in total. The van der Waals surface area contributed by atoms with Crippen molar-refractivity contribution in [2.24, 2.45) is 0 Å². The van der Waals surface area contributed by atoms with Crippen molar-refractivity contribution >= 4 is 21.7 Å². The molecule has 0 aliphatic carbocycles. The maximum absolute atomic E-state index is 5.05. The van der Waals surface area contributed by atoms with Gasteiger partial charge < -0.3 is 9.32 Å². The lowest BCUT2D eigenvalue weighted by atomic mass is 10.2. The van der Waals surface area contributed by atoms with Crippen LogP contribution in [0.1, 0.15) is 11.1 Å². The van der Waals surface area contributed by atoms with Crippen molar-refractivity contribution in [1.82, 2.24) is 4.98 Å². The molecular weight excluding hydrogens is 268 g/mol. The minimum absolute atomic E-state index is 0.783. The number of hydrogen-bond donors (Lipinski definition) is 0. The molecule has 0 aromatic carbocycles. The summed E-state index contributed by atoms with van der Waals surface area (Å²) in [5, 5.41) is 0. The number of aromatic nitrogens is 1. The highest BCUT2D eigenvalue weighted by atomic mass is 79.9. The first kappa shape index (κ1) is 11.2. The lowest BCUT2D eigenvalue weighted by Crippen LogP contribution is -2.18. The van der Waals surface area contributed by atoms with Crippen LogP contribution in [-0.4, -0.2) is 12.0 Å². The van der Waals surface area contributed by atoms with Crippen molar-refractivity contribution in [3.63, 3.8) is 0 Å². The lowest BCUT2D eigenvalue weighted by molar-refractivity contribution is 0.563. The summed E-state index contributed by atoms with van der Waals surface area (Å²) >= 11 is 3.56. The number of halogens is 1. The highest BCUT2D eigenvalue weighted by Crippen LogP contribution is 2.26. The maximum Gasteiger partial charge on any atom is 0.143 e. The minimum Gasteiger partial charge on any atom is -0.472 e. The van der Waals surface area contributed by atoms with E-state index in [1.807, 2.05) is 25.4 Å². The third-order valence-corrected chi connectivity index (χ3v) is 3.41. The van der Waals surface area contributed by atoms with Crippen molar-refractivity contribution in [3.05, 3.63) is 46.5 Å². The molecule has 0 atom stereocenters. The van der Waals surface area contributed by atoms with E-state index in [1.54, 1.807) is 12.5 Å². The van der Waals surface area contributed by atoms with Gasteiger partial charge in [-0.2, -0.15) is 0 Å². The van der Waals surface area contributed by atoms with Gasteiger partial charge in [0.2, 0.25) is 0 Å². The predicted octanol–water partition coefficient (Wildman–Crippen LogP) is 3.38. The van der Waals surface area contributed by atoms with E-state index < -0.39 is 0 Å². The molecule has 16 heavy (non-hydrogen) atoms. The van der Waals surface area contributed by atoms with Gasteiger partial charge in [0, 0.05) is 25.4 Å². The van der Waals surface area contributed by atoms with Crippen LogP contribution in [0.3, 0.4) is 0 Å². The third kappa shape index (κ3) is 2.27. The molecule has 0 spiro atoms. The Bertz CT molecular complexity index is 468. The summed E-state index contributed by atoms with van der Waals surface area (Å²) in [6, 6.07) is 3.94. The van der Waals surface area contributed by atoms with Gasteiger partial charge in [0.1, 0.15) is 5.82 Å². The number of anilines is 1. The number of furan rings is 1. The third-order valence-electron chi connectivity index (χ3n) is 2.43. The first-order valence-electron chi connectivity index (χ1n) is 5.02. The van der Waals surface area contributed by atoms with Crippen molar-refractivity contribution in [2.45, 2.75) is 13.5 Å². The number of nitrogens with zero attached hydrogens (tertiary/aromatic N) is 2. The van der Waals surface area contributed by atoms with E-state index >= 15 is 0 Å². The van der Waals surface area contributed by atoms with E-state index in [4.69, 9.17) is 4.42 Å². The smallest absolute Gasteiger partial charge is 0.143 e. The van der Waals surface area contributed by atoms with Gasteiger partial charge in [0.05, 0.1) is 17.0 Å². The second-order valence-electron chi connectivity index (χ2n) is 3.75. The van der Waals surface area contributed by atoms with Crippen molar-refractivity contribution in [1.29, 1.82) is 0 Å². The van der Waals surface area contributed by atoms with E-state index in [0.717, 1.165) is 22.4 Å². The average molecular weight is 281 g/mol. The zero-order chi connectivity index (χ0) is 11.5. The summed E-state index contributed by atoms with van der Waals surface area (Å²) in [7, 11) is 2.01. The molecule has 0 saturated carbocycles. The van der Waals surface area contributed by atoms with Gasteiger partial charge in [-0.05, 0) is 40.5 Å². The quantitative estimate of drug-likeness (QED) is 0.863. The van der Waals surface area contributed by atoms with E-state index in [2.05, 4.69) is 32.7 Å². The first-order chi connectivity index (χ1) is 7.68. The Labute approximate surface area is 103 Å². The Morgan fingerprint density at radius 3 is 2.94 bits per heavy atom. The fourth-order valence-electron chi connectivity index (χ4n) is 1.52. The van der Waals surface area contributed by atoms with Crippen LogP contribution in [0, 0.1) is 6.92 Å². The van der Waals surface area contributed by atoms with Crippen molar-refractivity contribution in [2.75, 3.05) is 11.9 Å². The predicted molar refractivity (Wildman–Crippen MR) is 67.5 cm³/mol. The molecule has 2 heterocycles. The Morgan fingerprint density at radius 2 is 2.25 bits per heavy atom. The fourth-order valence-corrected chi connectivity index (χ4v) is 2.06. The summed E-state index contributed by atoms with van der Waals surface area (Å²) in [5.74, 6) is 0.946. The van der Waals surface area contributed by atoms with E-state index in [9.17, 15) is 0 Å². The van der Waals surface area contributed by atoms with Crippen LogP contribution < -0.4 is 4.90 Å². The highest BCUT2D eigenvalue weighted by Gasteiger charge is 2.09. The topological polar surface area (TPSA) is 29.3 Å². The highest BCUT2D eigenvalue weighted by molar-refractivity contribution is 9.10. The molecule has 0 unspecified atom stereocenters. The minimum atomic E-state index is 0.783. The molecule has 0 amide bonds. The lowest BCUT2D eigenvalue weighted by Gasteiger charge is -2.19. The largest absolute Gasteiger partial charge is 0.472 e. The van der Waals surface area contributed by atoms with Gasteiger partial charge in [-0.15, -0.1) is 0 Å². The summed E-state index contributed by atoms with van der Waals surface area (Å²) in [6.45, 7) is 2.84. The van der Waals surface area contributed by atoms with Crippen LogP contribution in [0.15, 0.2) is 39.7 Å². The number of aryl methyl sites for hydroxylation is 1. The van der Waals surface area contributed by atoms with Gasteiger partial charge in [0.25, 0.3) is 0 Å². The van der Waals surface area contributed by atoms with Gasteiger partial charge in [-0.3, -0.25) is 0 Å². The molecule has 4 heteroatoms. The standard InChI is InChI=1S/C12H13BrN2O/c1-9-3-5-14-12(11(9)13)15(2)7-10-4-6-16-8-10/h3-6,8H,7H2,1-2H3. The molecule has 2 aromatic heterocycles. The SMILES string of the molecule is Cc1ccnc(N(C)Cc2ccoc2)c1Br. The van der Waals surface area contributed by atoms with Crippen LogP contribution in [0.5, 0.6) is 0 Å². The molecular formula is C12H13BrN2O. The molecule has 0 saturated heterocycles. The molecule has 84 valence electrons. The van der Waals surface area contributed by atoms with Crippen LogP contribution in [0.4, 0.5) is 5.82 Å². The molecule has 0 aliphatic rings. The van der Waals surface area contributed by atoms with E-state index in [1.165, 1.54) is 5.56 Å². The van der Waals surface area contributed by atoms with Gasteiger partial charge >= 0.3 is 0 Å². The Hall–Kier alpha value is -1.29. The molecule has 2 aromatic rings. The first-order valence-corrected chi connectivity index (χ1v) is 5.81. The Balaban J connectivity index is 2.21.